The Labute approximate surface area is 116 Å². The number of hydrogen-bond acceptors (Lipinski definition) is 5. The number of aliphatic carboxylic acids is 1. The van der Waals surface area contributed by atoms with Crippen molar-refractivity contribution in [3.63, 3.8) is 0 Å². The molecule has 0 atom stereocenters. The van der Waals surface area contributed by atoms with Gasteiger partial charge < -0.3 is 10.4 Å². The van der Waals surface area contributed by atoms with Crippen LogP contribution in [0, 0.1) is 5.41 Å². The van der Waals surface area contributed by atoms with Crippen LogP contribution in [0.3, 0.4) is 0 Å². The van der Waals surface area contributed by atoms with Crippen LogP contribution in [0.15, 0.2) is 0 Å². The van der Waals surface area contributed by atoms with Crippen LogP contribution in [0.2, 0.25) is 0 Å². The van der Waals surface area contributed by atoms with Gasteiger partial charge in [-0.05, 0) is 30.8 Å². The minimum Gasteiger partial charge on any atom is -0.481 e. The molecule has 0 saturated carbocycles. The van der Waals surface area contributed by atoms with E-state index in [9.17, 15) is 14.7 Å². The van der Waals surface area contributed by atoms with Crippen molar-refractivity contribution < 1.29 is 14.7 Å². The quantitative estimate of drug-likeness (QED) is 0.795. The van der Waals surface area contributed by atoms with E-state index >= 15 is 0 Å². The Hall–Kier alpha value is -1.50. The largest absolute Gasteiger partial charge is 0.481 e. The molecule has 1 heterocycles. The van der Waals surface area contributed by atoms with Gasteiger partial charge in [0, 0.05) is 6.54 Å². The number of carboxylic acid groups (broad SMARTS) is 1. The van der Waals surface area contributed by atoms with Crippen molar-refractivity contribution in [1.29, 1.82) is 0 Å². The first kappa shape index (κ1) is 15.6. The number of nitrogens with zero attached hydrogens (tertiary/aromatic N) is 2. The van der Waals surface area contributed by atoms with Gasteiger partial charge >= 0.3 is 5.97 Å². The van der Waals surface area contributed by atoms with Crippen LogP contribution < -0.4 is 5.32 Å². The number of carboxylic acids is 1. The van der Waals surface area contributed by atoms with E-state index in [2.05, 4.69) is 14.9 Å². The minimum absolute atomic E-state index is 0.120. The van der Waals surface area contributed by atoms with Crippen LogP contribution in [0.1, 0.15) is 49.0 Å². The molecule has 2 N–H and O–H groups in total. The van der Waals surface area contributed by atoms with E-state index in [0.717, 1.165) is 11.5 Å². The SMILES string of the molecule is CCc1nnsc1C(=O)NCC(CC)(CC)C(=O)O. The van der Waals surface area contributed by atoms with Gasteiger partial charge in [-0.25, -0.2) is 0 Å². The molecule has 0 aromatic carbocycles. The third-order valence-corrected chi connectivity index (χ3v) is 4.26. The molecule has 6 nitrogen and oxygen atoms in total. The van der Waals surface area contributed by atoms with Crippen LogP contribution >= 0.6 is 11.5 Å². The van der Waals surface area contributed by atoms with Crippen LogP contribution in [0.5, 0.6) is 0 Å². The maximum Gasteiger partial charge on any atom is 0.311 e. The standard InChI is InChI=1S/C12H19N3O3S/c1-4-8-9(19-15-14-8)10(16)13-7-12(5-2,6-3)11(17)18/h4-7H2,1-3H3,(H,13,16)(H,17,18). The Kier molecular flexibility index (Phi) is 5.41. The lowest BCUT2D eigenvalue weighted by Gasteiger charge is -2.26. The van der Waals surface area contributed by atoms with E-state index in [1.54, 1.807) is 0 Å². The second-order valence-corrected chi connectivity index (χ2v) is 5.13. The van der Waals surface area contributed by atoms with Gasteiger partial charge in [-0.15, -0.1) is 5.10 Å². The predicted octanol–water partition coefficient (Wildman–Crippen LogP) is 1.72. The molecule has 0 saturated heterocycles. The number of amides is 1. The summed E-state index contributed by atoms with van der Waals surface area (Å²) in [6.07, 6.45) is 1.58. The van der Waals surface area contributed by atoms with E-state index < -0.39 is 11.4 Å². The summed E-state index contributed by atoms with van der Waals surface area (Å²) in [6.45, 7) is 5.65. The Morgan fingerprint density at radius 1 is 1.32 bits per heavy atom. The number of aryl methyl sites for hydroxylation is 1. The van der Waals surface area contributed by atoms with Gasteiger partial charge in [0.25, 0.3) is 5.91 Å². The molecule has 0 fully saturated rings. The molecule has 1 rings (SSSR count). The highest BCUT2D eigenvalue weighted by Gasteiger charge is 2.35. The van der Waals surface area contributed by atoms with E-state index in [1.807, 2.05) is 20.8 Å². The minimum atomic E-state index is -0.903. The van der Waals surface area contributed by atoms with Gasteiger partial charge in [-0.3, -0.25) is 9.59 Å². The number of rotatable bonds is 7. The summed E-state index contributed by atoms with van der Waals surface area (Å²) < 4.78 is 3.75. The Morgan fingerprint density at radius 3 is 2.42 bits per heavy atom. The average Bonchev–Trinajstić information content (AvgIpc) is 2.88. The third-order valence-electron chi connectivity index (χ3n) is 3.49. The zero-order valence-corrected chi connectivity index (χ0v) is 12.2. The summed E-state index contributed by atoms with van der Waals surface area (Å²) in [6, 6.07) is 0. The number of carbonyl (C=O) groups excluding carboxylic acids is 1. The molecule has 1 amide bonds. The first-order valence-electron chi connectivity index (χ1n) is 6.33. The van der Waals surface area contributed by atoms with Crippen LogP contribution in [-0.4, -0.2) is 33.1 Å². The Balaban J connectivity index is 2.75. The summed E-state index contributed by atoms with van der Waals surface area (Å²) in [7, 11) is 0. The molecule has 0 spiro atoms. The fourth-order valence-electron chi connectivity index (χ4n) is 1.82. The van der Waals surface area contributed by atoms with Crippen molar-refractivity contribution in [2.75, 3.05) is 6.54 Å². The monoisotopic (exact) mass is 285 g/mol. The summed E-state index contributed by atoms with van der Waals surface area (Å²) in [5, 5.41) is 15.9. The summed E-state index contributed by atoms with van der Waals surface area (Å²) >= 11 is 1.04. The van der Waals surface area contributed by atoms with Crippen molar-refractivity contribution in [2.24, 2.45) is 5.41 Å². The molecule has 0 aliphatic heterocycles. The van der Waals surface area contributed by atoms with Gasteiger partial charge in [0.1, 0.15) is 4.88 Å². The maximum absolute atomic E-state index is 12.0. The lowest BCUT2D eigenvalue weighted by Crippen LogP contribution is -2.42. The molecule has 1 aromatic rings. The molecular weight excluding hydrogens is 266 g/mol. The normalized spacial score (nSPS) is 11.3. The van der Waals surface area contributed by atoms with E-state index in [1.165, 1.54) is 0 Å². The number of carbonyl (C=O) groups is 2. The average molecular weight is 285 g/mol. The van der Waals surface area contributed by atoms with Gasteiger partial charge in [-0.1, -0.05) is 25.3 Å². The number of nitrogens with one attached hydrogen (secondary N) is 1. The number of aromatic nitrogens is 2. The Bertz CT molecular complexity index is 455. The van der Waals surface area contributed by atoms with Gasteiger partial charge in [0.15, 0.2) is 0 Å². The highest BCUT2D eigenvalue weighted by Crippen LogP contribution is 2.26. The lowest BCUT2D eigenvalue weighted by atomic mass is 9.82. The lowest BCUT2D eigenvalue weighted by molar-refractivity contribution is -0.149. The first-order chi connectivity index (χ1) is 9.00. The smallest absolute Gasteiger partial charge is 0.311 e. The van der Waals surface area contributed by atoms with Crippen LogP contribution in [0.25, 0.3) is 0 Å². The van der Waals surface area contributed by atoms with Gasteiger partial charge in [-0.2, -0.15) is 0 Å². The molecule has 0 aliphatic carbocycles. The maximum atomic E-state index is 12.0. The summed E-state index contributed by atoms with van der Waals surface area (Å²) in [5.41, 5.74) is -0.253. The second kappa shape index (κ2) is 6.60. The third kappa shape index (κ3) is 3.28. The highest BCUT2D eigenvalue weighted by atomic mass is 32.1. The van der Waals surface area contributed by atoms with Crippen LogP contribution in [0.4, 0.5) is 0 Å². The molecule has 0 unspecified atom stereocenters. The van der Waals surface area contributed by atoms with Gasteiger partial charge in [0.05, 0.1) is 11.1 Å². The summed E-state index contributed by atoms with van der Waals surface area (Å²) in [5.74, 6) is -1.17. The van der Waals surface area contributed by atoms with Crippen molar-refractivity contribution in [2.45, 2.75) is 40.0 Å². The van der Waals surface area contributed by atoms with Gasteiger partial charge in [0.2, 0.25) is 0 Å². The van der Waals surface area contributed by atoms with Crippen molar-refractivity contribution in [1.82, 2.24) is 14.9 Å². The second-order valence-electron chi connectivity index (χ2n) is 4.38. The van der Waals surface area contributed by atoms with E-state index in [-0.39, 0.29) is 12.5 Å². The van der Waals surface area contributed by atoms with Crippen molar-refractivity contribution in [3.8, 4) is 0 Å². The van der Waals surface area contributed by atoms with E-state index in [4.69, 9.17) is 0 Å². The highest BCUT2D eigenvalue weighted by molar-refractivity contribution is 7.08. The Morgan fingerprint density at radius 2 is 1.95 bits per heavy atom. The number of hydrogen-bond donors (Lipinski definition) is 2. The molecule has 7 heteroatoms. The zero-order chi connectivity index (χ0) is 14.5. The van der Waals surface area contributed by atoms with Crippen molar-refractivity contribution in [3.05, 3.63) is 10.6 Å². The fourth-order valence-corrected chi connectivity index (χ4v) is 2.49. The van der Waals surface area contributed by atoms with E-state index in [0.29, 0.717) is 29.8 Å². The molecule has 0 bridgehead atoms. The topological polar surface area (TPSA) is 92.2 Å². The first-order valence-corrected chi connectivity index (χ1v) is 7.10. The van der Waals surface area contributed by atoms with Crippen molar-refractivity contribution >= 4 is 23.4 Å². The molecule has 0 radical (unpaired) electrons. The molecule has 106 valence electrons. The molecular formula is C12H19N3O3S. The van der Waals surface area contributed by atoms with Crippen LogP contribution in [-0.2, 0) is 11.2 Å². The molecule has 0 aliphatic rings. The molecule has 19 heavy (non-hydrogen) atoms. The fraction of sp³-hybridized carbons (Fsp3) is 0.667. The molecule has 1 aromatic heterocycles. The summed E-state index contributed by atoms with van der Waals surface area (Å²) in [4.78, 5) is 23.8. The zero-order valence-electron chi connectivity index (χ0n) is 11.4. The predicted molar refractivity (Wildman–Crippen MR) is 72.3 cm³/mol.